The highest BCUT2D eigenvalue weighted by atomic mass is 15.1. The Morgan fingerprint density at radius 3 is 1.72 bits per heavy atom. The zero-order valence-corrected chi connectivity index (χ0v) is 20.0. The number of nitrogens with zero attached hydrogens (tertiary/aromatic N) is 2. The number of para-hydroxylation sites is 2. The van der Waals surface area contributed by atoms with Gasteiger partial charge in [0.15, 0.2) is 0 Å². The van der Waals surface area contributed by atoms with Crippen molar-refractivity contribution >= 4 is 32.6 Å². The number of fused-ring (bicyclic) bond motifs is 3. The van der Waals surface area contributed by atoms with Crippen molar-refractivity contribution in [3.05, 3.63) is 133 Å². The van der Waals surface area contributed by atoms with Crippen LogP contribution in [0.2, 0.25) is 0 Å². The van der Waals surface area contributed by atoms with Gasteiger partial charge in [-0.25, -0.2) is 4.98 Å². The Labute approximate surface area is 210 Å². The first-order valence-corrected chi connectivity index (χ1v) is 12.3. The van der Waals surface area contributed by atoms with Gasteiger partial charge < -0.3 is 0 Å². The molecule has 0 aliphatic rings. The molecular formula is C34H24N2. The van der Waals surface area contributed by atoms with Crippen molar-refractivity contribution in [2.45, 2.75) is 6.92 Å². The maximum Gasteiger partial charge on any atom is 0.111 e. The molecule has 0 radical (unpaired) electrons. The van der Waals surface area contributed by atoms with Crippen LogP contribution < -0.4 is 0 Å². The van der Waals surface area contributed by atoms with Crippen LogP contribution in [0.1, 0.15) is 5.82 Å². The van der Waals surface area contributed by atoms with Crippen LogP contribution in [0.5, 0.6) is 0 Å². The number of aromatic nitrogens is 2. The van der Waals surface area contributed by atoms with E-state index in [1.807, 2.05) is 0 Å². The summed E-state index contributed by atoms with van der Waals surface area (Å²) in [6.07, 6.45) is 0. The normalized spacial score (nSPS) is 11.5. The smallest absolute Gasteiger partial charge is 0.111 e. The van der Waals surface area contributed by atoms with Crippen LogP contribution in [0.3, 0.4) is 0 Å². The molecular weight excluding hydrogens is 436 g/mol. The number of hydrogen-bond acceptors (Lipinski definition) is 1. The topological polar surface area (TPSA) is 17.8 Å². The van der Waals surface area contributed by atoms with E-state index in [1.54, 1.807) is 0 Å². The molecule has 1 heterocycles. The van der Waals surface area contributed by atoms with Crippen molar-refractivity contribution in [3.8, 4) is 27.9 Å². The number of rotatable bonds is 3. The molecule has 0 aliphatic heterocycles. The monoisotopic (exact) mass is 460 g/mol. The van der Waals surface area contributed by atoms with Crippen LogP contribution in [-0.2, 0) is 0 Å². The average Bonchev–Trinajstić information content (AvgIpc) is 3.27. The lowest BCUT2D eigenvalue weighted by Crippen LogP contribution is -2.01. The molecule has 0 spiro atoms. The molecule has 0 saturated heterocycles. The van der Waals surface area contributed by atoms with Crippen molar-refractivity contribution in [1.29, 1.82) is 0 Å². The minimum atomic E-state index is 0.990. The molecule has 170 valence electrons. The molecule has 6 aromatic carbocycles. The lowest BCUT2D eigenvalue weighted by atomic mass is 9.87. The second kappa shape index (κ2) is 8.21. The zero-order chi connectivity index (χ0) is 24.1. The molecule has 0 atom stereocenters. The molecule has 1 aromatic heterocycles. The lowest BCUT2D eigenvalue weighted by molar-refractivity contribution is 1.02. The van der Waals surface area contributed by atoms with Gasteiger partial charge in [-0.2, -0.15) is 0 Å². The van der Waals surface area contributed by atoms with E-state index in [0.29, 0.717) is 0 Å². The van der Waals surface area contributed by atoms with Gasteiger partial charge in [0.1, 0.15) is 5.82 Å². The third-order valence-electron chi connectivity index (χ3n) is 7.14. The molecule has 0 saturated carbocycles. The highest BCUT2D eigenvalue weighted by Gasteiger charge is 2.20. The molecule has 0 aliphatic carbocycles. The molecule has 7 rings (SSSR count). The van der Waals surface area contributed by atoms with Crippen molar-refractivity contribution in [1.82, 2.24) is 9.55 Å². The lowest BCUT2D eigenvalue weighted by Gasteiger charge is -2.20. The van der Waals surface area contributed by atoms with Crippen molar-refractivity contribution < 1.29 is 0 Å². The molecule has 0 unspecified atom stereocenters. The van der Waals surface area contributed by atoms with Gasteiger partial charge in [0.2, 0.25) is 0 Å². The Kier molecular flexibility index (Phi) is 4.71. The second-order valence-electron chi connectivity index (χ2n) is 9.21. The first kappa shape index (κ1) is 20.7. The number of benzene rings is 6. The minimum Gasteiger partial charge on any atom is -0.295 e. The fourth-order valence-electron chi connectivity index (χ4n) is 5.64. The Bertz CT molecular complexity index is 1840. The van der Waals surface area contributed by atoms with Crippen molar-refractivity contribution in [2.24, 2.45) is 0 Å². The Morgan fingerprint density at radius 2 is 1.03 bits per heavy atom. The summed E-state index contributed by atoms with van der Waals surface area (Å²) >= 11 is 0. The molecule has 0 amide bonds. The molecule has 0 N–H and O–H groups in total. The standard InChI is InChI=1S/C34H24N2/c1-23-35-31-21-11-12-22-32(31)36(23)34-29-19-9-7-17-27(29)33(28-18-8-10-20-30(28)34)26-16-6-5-15-25(26)24-13-3-2-4-14-24/h2-22H,1H3. The largest absolute Gasteiger partial charge is 0.295 e. The van der Waals surface area contributed by atoms with Gasteiger partial charge in [-0.05, 0) is 52.1 Å². The van der Waals surface area contributed by atoms with Gasteiger partial charge in [-0.1, -0.05) is 115 Å². The van der Waals surface area contributed by atoms with Gasteiger partial charge in [-0.3, -0.25) is 4.57 Å². The predicted octanol–water partition coefficient (Wildman–Crippen LogP) is 8.97. The first-order chi connectivity index (χ1) is 17.8. The van der Waals surface area contributed by atoms with Crippen LogP contribution in [0, 0.1) is 6.92 Å². The SMILES string of the molecule is Cc1nc2ccccc2n1-c1c2ccccc2c(-c2ccccc2-c2ccccc2)c2ccccc12. The van der Waals surface area contributed by atoms with E-state index in [0.717, 1.165) is 16.9 Å². The number of hydrogen-bond donors (Lipinski definition) is 0. The van der Waals surface area contributed by atoms with Crippen LogP contribution >= 0.6 is 0 Å². The quantitative estimate of drug-likeness (QED) is 0.241. The average molecular weight is 461 g/mol. The fourth-order valence-corrected chi connectivity index (χ4v) is 5.64. The summed E-state index contributed by atoms with van der Waals surface area (Å²) in [5, 5.41) is 4.93. The van der Waals surface area contributed by atoms with Gasteiger partial charge >= 0.3 is 0 Å². The fraction of sp³-hybridized carbons (Fsp3) is 0.0294. The Balaban J connectivity index is 1.66. The number of imidazole rings is 1. The van der Waals surface area contributed by atoms with E-state index in [9.17, 15) is 0 Å². The highest BCUT2D eigenvalue weighted by molar-refractivity contribution is 6.19. The van der Waals surface area contributed by atoms with E-state index in [4.69, 9.17) is 4.98 Å². The summed E-state index contributed by atoms with van der Waals surface area (Å²) in [7, 11) is 0. The summed E-state index contributed by atoms with van der Waals surface area (Å²) < 4.78 is 2.33. The highest BCUT2D eigenvalue weighted by Crippen LogP contribution is 2.44. The maximum absolute atomic E-state index is 4.90. The third-order valence-corrected chi connectivity index (χ3v) is 7.14. The van der Waals surface area contributed by atoms with Crippen molar-refractivity contribution in [3.63, 3.8) is 0 Å². The molecule has 36 heavy (non-hydrogen) atoms. The van der Waals surface area contributed by atoms with E-state index in [2.05, 4.69) is 139 Å². The van der Waals surface area contributed by atoms with E-state index in [-0.39, 0.29) is 0 Å². The number of aryl methyl sites for hydroxylation is 1. The Hall–Kier alpha value is -4.69. The predicted molar refractivity (Wildman–Crippen MR) is 152 cm³/mol. The summed E-state index contributed by atoms with van der Waals surface area (Å²) in [5.41, 5.74) is 8.31. The molecule has 2 heteroatoms. The molecule has 0 bridgehead atoms. The van der Waals surface area contributed by atoms with Gasteiger partial charge in [0, 0.05) is 10.8 Å². The first-order valence-electron chi connectivity index (χ1n) is 12.3. The van der Waals surface area contributed by atoms with Crippen LogP contribution in [0.4, 0.5) is 0 Å². The molecule has 7 aromatic rings. The summed E-state index contributed by atoms with van der Waals surface area (Å²) in [6.45, 7) is 2.10. The summed E-state index contributed by atoms with van der Waals surface area (Å²) in [4.78, 5) is 4.90. The summed E-state index contributed by atoms with van der Waals surface area (Å²) in [5.74, 6) is 0.990. The van der Waals surface area contributed by atoms with Gasteiger partial charge in [0.05, 0.1) is 16.7 Å². The van der Waals surface area contributed by atoms with Crippen molar-refractivity contribution in [2.75, 3.05) is 0 Å². The van der Waals surface area contributed by atoms with Crippen LogP contribution in [0.25, 0.3) is 60.5 Å². The van der Waals surface area contributed by atoms with E-state index < -0.39 is 0 Å². The third kappa shape index (κ3) is 3.08. The zero-order valence-electron chi connectivity index (χ0n) is 20.0. The van der Waals surface area contributed by atoms with Crippen LogP contribution in [-0.4, -0.2) is 9.55 Å². The van der Waals surface area contributed by atoms with Gasteiger partial charge in [-0.15, -0.1) is 0 Å². The molecule has 2 nitrogen and oxygen atoms in total. The van der Waals surface area contributed by atoms with Gasteiger partial charge in [0.25, 0.3) is 0 Å². The second-order valence-corrected chi connectivity index (χ2v) is 9.21. The van der Waals surface area contributed by atoms with E-state index >= 15 is 0 Å². The minimum absolute atomic E-state index is 0.990. The summed E-state index contributed by atoms with van der Waals surface area (Å²) in [6, 6.07) is 45.4. The molecule has 0 fully saturated rings. The maximum atomic E-state index is 4.90. The van der Waals surface area contributed by atoms with E-state index in [1.165, 1.54) is 49.5 Å². The Morgan fingerprint density at radius 1 is 0.500 bits per heavy atom. The van der Waals surface area contributed by atoms with Crippen LogP contribution in [0.15, 0.2) is 127 Å².